The third kappa shape index (κ3) is 5.67. The Morgan fingerprint density at radius 2 is 2.03 bits per heavy atom. The molecule has 0 aromatic heterocycles. The van der Waals surface area contributed by atoms with Gasteiger partial charge in [-0.1, -0.05) is 53.7 Å². The first-order valence-corrected chi connectivity index (χ1v) is 11.5. The Labute approximate surface area is 187 Å². The van der Waals surface area contributed by atoms with E-state index < -0.39 is 0 Å². The SMILES string of the molecule is Cc1cccc(C2CN(C(C)COc3ccc(CC4SC(=O)NC4=O)cc3)CCO2)c1. The van der Waals surface area contributed by atoms with E-state index in [4.69, 9.17) is 9.47 Å². The average molecular weight is 441 g/mol. The summed E-state index contributed by atoms with van der Waals surface area (Å²) in [5, 5.41) is 1.71. The van der Waals surface area contributed by atoms with Crippen LogP contribution < -0.4 is 10.1 Å². The van der Waals surface area contributed by atoms with Crippen molar-refractivity contribution in [3.05, 3.63) is 65.2 Å². The van der Waals surface area contributed by atoms with E-state index in [-0.39, 0.29) is 28.5 Å². The van der Waals surface area contributed by atoms with Gasteiger partial charge in [-0.05, 0) is 43.5 Å². The molecule has 2 saturated heterocycles. The lowest BCUT2D eigenvalue weighted by Crippen LogP contribution is -2.45. The summed E-state index contributed by atoms with van der Waals surface area (Å²) in [6, 6.07) is 16.5. The number of hydrogen-bond acceptors (Lipinski definition) is 6. The van der Waals surface area contributed by atoms with Crippen LogP contribution in [-0.4, -0.2) is 53.6 Å². The third-order valence-corrected chi connectivity index (χ3v) is 6.72. The fourth-order valence-corrected chi connectivity index (χ4v) is 4.79. The number of benzene rings is 2. The first-order chi connectivity index (χ1) is 15.0. The van der Waals surface area contributed by atoms with Crippen LogP contribution >= 0.6 is 11.8 Å². The molecule has 2 aromatic carbocycles. The molecule has 7 heteroatoms. The molecule has 0 radical (unpaired) electrons. The minimum Gasteiger partial charge on any atom is -0.492 e. The van der Waals surface area contributed by atoms with E-state index in [1.807, 2.05) is 24.3 Å². The van der Waals surface area contributed by atoms with Crippen LogP contribution in [0.2, 0.25) is 0 Å². The summed E-state index contributed by atoms with van der Waals surface area (Å²) in [6.45, 7) is 7.34. The summed E-state index contributed by atoms with van der Waals surface area (Å²) in [5.41, 5.74) is 3.48. The summed E-state index contributed by atoms with van der Waals surface area (Å²) in [5.74, 6) is 0.595. The lowest BCUT2D eigenvalue weighted by atomic mass is 10.0. The van der Waals surface area contributed by atoms with Crippen molar-refractivity contribution in [1.82, 2.24) is 10.2 Å². The molecule has 164 valence electrons. The molecule has 0 bridgehead atoms. The number of aryl methyl sites for hydroxylation is 1. The molecular weight excluding hydrogens is 412 g/mol. The fourth-order valence-electron chi connectivity index (χ4n) is 3.93. The summed E-state index contributed by atoms with van der Waals surface area (Å²) >= 11 is 1.06. The highest BCUT2D eigenvalue weighted by atomic mass is 32.2. The molecule has 3 unspecified atom stereocenters. The summed E-state index contributed by atoms with van der Waals surface area (Å²) in [7, 11) is 0. The van der Waals surface area contributed by atoms with E-state index in [9.17, 15) is 9.59 Å². The highest BCUT2D eigenvalue weighted by molar-refractivity contribution is 8.15. The van der Waals surface area contributed by atoms with Gasteiger partial charge in [0, 0.05) is 19.1 Å². The van der Waals surface area contributed by atoms with Gasteiger partial charge in [0.15, 0.2) is 0 Å². The number of morpholine rings is 1. The smallest absolute Gasteiger partial charge is 0.286 e. The van der Waals surface area contributed by atoms with Crippen molar-refractivity contribution in [1.29, 1.82) is 0 Å². The van der Waals surface area contributed by atoms with Gasteiger partial charge in [0.25, 0.3) is 5.24 Å². The Morgan fingerprint density at radius 1 is 1.23 bits per heavy atom. The van der Waals surface area contributed by atoms with Crippen molar-refractivity contribution >= 4 is 22.9 Å². The molecule has 3 atom stereocenters. The van der Waals surface area contributed by atoms with Crippen LogP contribution in [-0.2, 0) is 16.0 Å². The van der Waals surface area contributed by atoms with Crippen molar-refractivity contribution in [2.45, 2.75) is 37.7 Å². The maximum Gasteiger partial charge on any atom is 0.286 e. The Kier molecular flexibility index (Phi) is 6.95. The highest BCUT2D eigenvalue weighted by Gasteiger charge is 2.31. The van der Waals surface area contributed by atoms with Crippen molar-refractivity contribution in [2.75, 3.05) is 26.3 Å². The normalized spacial score (nSPS) is 22.9. The first-order valence-electron chi connectivity index (χ1n) is 10.6. The molecule has 2 heterocycles. The molecule has 2 fully saturated rings. The predicted octanol–water partition coefficient (Wildman–Crippen LogP) is 3.73. The standard InChI is InChI=1S/C24H28N2O4S/c1-16-4-3-5-19(12-16)21-14-26(10-11-29-21)17(2)15-30-20-8-6-18(7-9-20)13-22-23(27)25-24(28)31-22/h3-9,12,17,21-22H,10-11,13-15H2,1-2H3,(H,25,27,28). The second-order valence-electron chi connectivity index (χ2n) is 8.16. The van der Waals surface area contributed by atoms with E-state index in [2.05, 4.69) is 48.3 Å². The van der Waals surface area contributed by atoms with Gasteiger partial charge < -0.3 is 9.47 Å². The van der Waals surface area contributed by atoms with Gasteiger partial charge in [0.2, 0.25) is 5.91 Å². The van der Waals surface area contributed by atoms with Crippen molar-refractivity contribution in [2.24, 2.45) is 0 Å². The number of thioether (sulfide) groups is 1. The van der Waals surface area contributed by atoms with Crippen LogP contribution in [0.4, 0.5) is 4.79 Å². The van der Waals surface area contributed by atoms with Gasteiger partial charge in [0.05, 0.1) is 18.0 Å². The minimum absolute atomic E-state index is 0.0907. The van der Waals surface area contributed by atoms with Crippen LogP contribution in [0.25, 0.3) is 0 Å². The van der Waals surface area contributed by atoms with Gasteiger partial charge in [-0.2, -0.15) is 0 Å². The topological polar surface area (TPSA) is 67.9 Å². The van der Waals surface area contributed by atoms with Crippen LogP contribution in [0.15, 0.2) is 48.5 Å². The number of hydrogen-bond donors (Lipinski definition) is 1. The van der Waals surface area contributed by atoms with Crippen molar-refractivity contribution in [3.63, 3.8) is 0 Å². The average Bonchev–Trinajstić information content (AvgIpc) is 3.09. The number of carbonyl (C=O) groups is 2. The molecule has 2 aromatic rings. The van der Waals surface area contributed by atoms with Gasteiger partial charge in [-0.15, -0.1) is 0 Å². The van der Waals surface area contributed by atoms with E-state index in [1.54, 1.807) is 0 Å². The number of nitrogens with zero attached hydrogens (tertiary/aromatic N) is 1. The first kappa shape index (κ1) is 21.9. The van der Waals surface area contributed by atoms with Gasteiger partial charge in [-0.3, -0.25) is 19.8 Å². The number of amides is 2. The highest BCUT2D eigenvalue weighted by Crippen LogP contribution is 2.26. The molecule has 0 saturated carbocycles. The van der Waals surface area contributed by atoms with E-state index in [0.717, 1.165) is 36.2 Å². The van der Waals surface area contributed by atoms with E-state index in [1.165, 1.54) is 11.1 Å². The zero-order chi connectivity index (χ0) is 21.8. The molecule has 0 aliphatic carbocycles. The van der Waals surface area contributed by atoms with Crippen molar-refractivity contribution in [3.8, 4) is 5.75 Å². The molecule has 2 aliphatic rings. The van der Waals surface area contributed by atoms with E-state index in [0.29, 0.717) is 19.6 Å². The fraction of sp³-hybridized carbons (Fsp3) is 0.417. The van der Waals surface area contributed by atoms with Gasteiger partial charge in [-0.25, -0.2) is 0 Å². The zero-order valence-corrected chi connectivity index (χ0v) is 18.7. The second kappa shape index (κ2) is 9.85. The molecular formula is C24H28N2O4S. The summed E-state index contributed by atoms with van der Waals surface area (Å²) in [4.78, 5) is 25.4. The number of rotatable bonds is 7. The second-order valence-corrected chi connectivity index (χ2v) is 9.34. The summed E-state index contributed by atoms with van der Waals surface area (Å²) < 4.78 is 12.0. The quantitative estimate of drug-likeness (QED) is 0.708. The van der Waals surface area contributed by atoms with Crippen molar-refractivity contribution < 1.29 is 19.1 Å². The lowest BCUT2D eigenvalue weighted by molar-refractivity contribution is -0.118. The summed E-state index contributed by atoms with van der Waals surface area (Å²) in [6.07, 6.45) is 0.625. The Hall–Kier alpha value is -2.35. The Bertz CT molecular complexity index is 933. The van der Waals surface area contributed by atoms with Gasteiger partial charge >= 0.3 is 0 Å². The minimum atomic E-state index is -0.345. The maximum atomic E-state index is 11.7. The zero-order valence-electron chi connectivity index (χ0n) is 17.9. The third-order valence-electron chi connectivity index (χ3n) is 5.74. The number of nitrogens with one attached hydrogen (secondary N) is 1. The van der Waals surface area contributed by atoms with E-state index >= 15 is 0 Å². The Morgan fingerprint density at radius 3 is 2.74 bits per heavy atom. The molecule has 0 spiro atoms. The largest absolute Gasteiger partial charge is 0.492 e. The van der Waals surface area contributed by atoms with Crippen LogP contribution in [0, 0.1) is 6.92 Å². The monoisotopic (exact) mass is 440 g/mol. The lowest BCUT2D eigenvalue weighted by Gasteiger charge is -2.37. The van der Waals surface area contributed by atoms with Gasteiger partial charge in [0.1, 0.15) is 12.4 Å². The molecule has 2 aliphatic heterocycles. The number of ether oxygens (including phenoxy) is 2. The molecule has 1 N–H and O–H groups in total. The molecule has 4 rings (SSSR count). The predicted molar refractivity (Wildman–Crippen MR) is 121 cm³/mol. The maximum absolute atomic E-state index is 11.7. The van der Waals surface area contributed by atoms with Crippen LogP contribution in [0.3, 0.4) is 0 Å². The molecule has 31 heavy (non-hydrogen) atoms. The Balaban J connectivity index is 1.27. The van der Waals surface area contributed by atoms with Crippen LogP contribution in [0.5, 0.6) is 5.75 Å². The molecule has 6 nitrogen and oxygen atoms in total. The number of carbonyl (C=O) groups excluding carboxylic acids is 2. The molecule has 2 amide bonds. The van der Waals surface area contributed by atoms with Crippen LogP contribution in [0.1, 0.15) is 29.7 Å². The number of imide groups is 1.